The summed E-state index contributed by atoms with van der Waals surface area (Å²) in [5.74, 6) is -1.13. The van der Waals surface area contributed by atoms with Crippen molar-refractivity contribution in [1.82, 2.24) is 9.88 Å². The molecule has 0 fully saturated rings. The molecule has 0 saturated heterocycles. The lowest BCUT2D eigenvalue weighted by molar-refractivity contribution is 0.0973. The first-order chi connectivity index (χ1) is 11.0. The molecule has 23 heavy (non-hydrogen) atoms. The van der Waals surface area contributed by atoms with Crippen molar-refractivity contribution >= 4 is 22.9 Å². The minimum Gasteiger partial charge on any atom is -0.450 e. The molecule has 0 radical (unpaired) electrons. The van der Waals surface area contributed by atoms with Gasteiger partial charge in [-0.25, -0.2) is 9.18 Å². The summed E-state index contributed by atoms with van der Waals surface area (Å²) in [5.41, 5.74) is 7.52. The van der Waals surface area contributed by atoms with E-state index in [1.807, 2.05) is 0 Å². The average molecular weight is 317 g/mol. The van der Waals surface area contributed by atoms with E-state index in [2.05, 4.69) is 4.98 Å². The van der Waals surface area contributed by atoms with E-state index in [0.29, 0.717) is 35.1 Å². The molecular weight excluding hydrogens is 301 g/mol. The van der Waals surface area contributed by atoms with E-state index in [9.17, 15) is 14.0 Å². The van der Waals surface area contributed by atoms with Crippen LogP contribution in [0.4, 0.5) is 9.18 Å². The molecule has 2 amide bonds. The van der Waals surface area contributed by atoms with Crippen LogP contribution in [-0.4, -0.2) is 35.0 Å². The van der Waals surface area contributed by atoms with Crippen LogP contribution in [0.25, 0.3) is 10.9 Å². The molecule has 120 valence electrons. The van der Waals surface area contributed by atoms with Crippen LogP contribution >= 0.6 is 0 Å². The minimum absolute atomic E-state index is 0.173. The number of nitrogens with two attached hydrogens (primary N) is 1. The fraction of sp³-hybridized carbons (Fsp3) is 0.312. The second kappa shape index (κ2) is 5.83. The minimum atomic E-state index is -0.662. The topological polar surface area (TPSA) is 85.5 Å². The molecule has 1 aromatic heterocycles. The van der Waals surface area contributed by atoms with Gasteiger partial charge in [-0.3, -0.25) is 9.78 Å². The molecule has 0 bridgehead atoms. The highest BCUT2D eigenvalue weighted by Crippen LogP contribution is 2.28. The van der Waals surface area contributed by atoms with Crippen molar-refractivity contribution in [3.05, 3.63) is 40.8 Å². The number of ether oxygens (including phenoxy) is 1. The maximum atomic E-state index is 13.6. The van der Waals surface area contributed by atoms with Crippen LogP contribution < -0.4 is 5.73 Å². The number of carbonyl (C=O) groups is 2. The summed E-state index contributed by atoms with van der Waals surface area (Å²) in [5, 5.41) is 0.363. The van der Waals surface area contributed by atoms with Gasteiger partial charge in [0.2, 0.25) is 5.91 Å². The summed E-state index contributed by atoms with van der Waals surface area (Å²) < 4.78 is 18.5. The van der Waals surface area contributed by atoms with Crippen molar-refractivity contribution in [2.45, 2.75) is 19.9 Å². The van der Waals surface area contributed by atoms with Gasteiger partial charge in [0.05, 0.1) is 24.2 Å². The Labute approximate surface area is 132 Å². The lowest BCUT2D eigenvalue weighted by atomic mass is 9.95. The number of aromatic nitrogens is 1. The quantitative estimate of drug-likeness (QED) is 0.918. The van der Waals surface area contributed by atoms with E-state index in [0.717, 1.165) is 0 Å². The maximum Gasteiger partial charge on any atom is 0.410 e. The second-order valence-corrected chi connectivity index (χ2v) is 5.31. The number of rotatable bonds is 2. The molecule has 0 aliphatic carbocycles. The van der Waals surface area contributed by atoms with Gasteiger partial charge in [0.1, 0.15) is 5.82 Å². The molecule has 0 atom stereocenters. The molecule has 1 aliphatic heterocycles. The first-order valence-electron chi connectivity index (χ1n) is 7.33. The average Bonchev–Trinajstić information content (AvgIpc) is 2.52. The Morgan fingerprint density at radius 2 is 2.22 bits per heavy atom. The van der Waals surface area contributed by atoms with Crippen molar-refractivity contribution in [2.75, 3.05) is 13.2 Å². The molecule has 6 nitrogen and oxygen atoms in total. The SMILES string of the molecule is CCOC(=O)N1CCc2nc3ccc(F)cc3c(C(N)=O)c2C1. The molecule has 2 N–H and O–H groups in total. The summed E-state index contributed by atoms with van der Waals surface area (Å²) in [4.78, 5) is 29.8. The summed E-state index contributed by atoms with van der Waals surface area (Å²) in [6.07, 6.45) is 0.0368. The van der Waals surface area contributed by atoms with Crippen LogP contribution in [0.5, 0.6) is 0 Å². The Hall–Kier alpha value is -2.70. The fourth-order valence-electron chi connectivity index (χ4n) is 2.87. The van der Waals surface area contributed by atoms with Gasteiger partial charge in [0.25, 0.3) is 0 Å². The highest BCUT2D eigenvalue weighted by atomic mass is 19.1. The Bertz CT molecular complexity index is 807. The van der Waals surface area contributed by atoms with Gasteiger partial charge in [-0.05, 0) is 25.1 Å². The number of nitrogens with zero attached hydrogens (tertiary/aromatic N) is 2. The number of pyridine rings is 1. The summed E-state index contributed by atoms with van der Waals surface area (Å²) in [6.45, 7) is 2.62. The summed E-state index contributed by atoms with van der Waals surface area (Å²) in [6, 6.07) is 4.06. The third-order valence-corrected chi connectivity index (χ3v) is 3.87. The fourth-order valence-corrected chi connectivity index (χ4v) is 2.87. The number of carbonyl (C=O) groups excluding carboxylic acids is 2. The molecule has 3 rings (SSSR count). The van der Waals surface area contributed by atoms with Gasteiger partial charge in [0, 0.05) is 29.6 Å². The number of amides is 2. The van der Waals surface area contributed by atoms with E-state index in [4.69, 9.17) is 10.5 Å². The smallest absolute Gasteiger partial charge is 0.410 e. The zero-order chi connectivity index (χ0) is 16.6. The van der Waals surface area contributed by atoms with E-state index >= 15 is 0 Å². The van der Waals surface area contributed by atoms with Gasteiger partial charge in [-0.2, -0.15) is 0 Å². The number of hydrogen-bond donors (Lipinski definition) is 1. The standard InChI is InChI=1S/C16H16FN3O3/c1-2-23-16(22)20-6-5-13-11(8-20)14(15(18)21)10-7-9(17)3-4-12(10)19-13/h3-4,7H,2,5-6,8H2,1H3,(H2,18,21). The Morgan fingerprint density at radius 3 is 2.91 bits per heavy atom. The molecule has 1 aromatic carbocycles. The second-order valence-electron chi connectivity index (χ2n) is 5.31. The third-order valence-electron chi connectivity index (χ3n) is 3.87. The predicted molar refractivity (Wildman–Crippen MR) is 81.4 cm³/mol. The number of benzene rings is 1. The van der Waals surface area contributed by atoms with Crippen molar-refractivity contribution < 1.29 is 18.7 Å². The Balaban J connectivity index is 2.14. The molecule has 0 spiro atoms. The lowest BCUT2D eigenvalue weighted by Gasteiger charge is -2.29. The van der Waals surface area contributed by atoms with Crippen molar-refractivity contribution in [3.8, 4) is 0 Å². The van der Waals surface area contributed by atoms with Crippen LogP contribution in [0.2, 0.25) is 0 Å². The van der Waals surface area contributed by atoms with E-state index in [-0.39, 0.29) is 18.7 Å². The first kappa shape index (κ1) is 15.2. The maximum absolute atomic E-state index is 13.6. The predicted octanol–water partition coefficient (Wildman–Crippen LogP) is 1.99. The third kappa shape index (κ3) is 2.69. The number of primary amides is 1. The van der Waals surface area contributed by atoms with Crippen LogP contribution in [0.15, 0.2) is 18.2 Å². The number of hydrogen-bond acceptors (Lipinski definition) is 4. The molecule has 2 aromatic rings. The largest absolute Gasteiger partial charge is 0.450 e. The van der Waals surface area contributed by atoms with Gasteiger partial charge in [-0.1, -0.05) is 0 Å². The molecule has 1 aliphatic rings. The zero-order valence-corrected chi connectivity index (χ0v) is 12.6. The van der Waals surface area contributed by atoms with Gasteiger partial charge in [-0.15, -0.1) is 0 Å². The Kier molecular flexibility index (Phi) is 3.85. The van der Waals surface area contributed by atoms with Gasteiger partial charge in [0.15, 0.2) is 0 Å². The zero-order valence-electron chi connectivity index (χ0n) is 12.6. The summed E-state index contributed by atoms with van der Waals surface area (Å²) >= 11 is 0. The van der Waals surface area contributed by atoms with E-state index in [1.54, 1.807) is 6.92 Å². The van der Waals surface area contributed by atoms with Gasteiger partial charge >= 0.3 is 6.09 Å². The lowest BCUT2D eigenvalue weighted by Crippen LogP contribution is -2.38. The normalized spacial score (nSPS) is 13.7. The van der Waals surface area contributed by atoms with E-state index in [1.165, 1.54) is 23.1 Å². The van der Waals surface area contributed by atoms with Crippen molar-refractivity contribution in [1.29, 1.82) is 0 Å². The van der Waals surface area contributed by atoms with Crippen LogP contribution in [-0.2, 0) is 17.7 Å². The van der Waals surface area contributed by atoms with Crippen molar-refractivity contribution in [2.24, 2.45) is 5.73 Å². The van der Waals surface area contributed by atoms with Crippen LogP contribution in [0, 0.1) is 5.82 Å². The number of fused-ring (bicyclic) bond motifs is 2. The number of halogens is 1. The Morgan fingerprint density at radius 1 is 1.43 bits per heavy atom. The monoisotopic (exact) mass is 317 g/mol. The molecule has 2 heterocycles. The molecular formula is C16H16FN3O3. The molecule has 7 heteroatoms. The van der Waals surface area contributed by atoms with Gasteiger partial charge < -0.3 is 15.4 Å². The highest BCUT2D eigenvalue weighted by Gasteiger charge is 2.27. The first-order valence-corrected chi connectivity index (χ1v) is 7.33. The van der Waals surface area contributed by atoms with Crippen molar-refractivity contribution in [3.63, 3.8) is 0 Å². The van der Waals surface area contributed by atoms with E-state index < -0.39 is 17.8 Å². The molecule has 0 saturated carbocycles. The van der Waals surface area contributed by atoms with Crippen LogP contribution in [0.1, 0.15) is 28.5 Å². The van der Waals surface area contributed by atoms with Crippen LogP contribution in [0.3, 0.4) is 0 Å². The highest BCUT2D eigenvalue weighted by molar-refractivity contribution is 6.07. The molecule has 0 unspecified atom stereocenters. The summed E-state index contributed by atoms with van der Waals surface area (Å²) in [7, 11) is 0.